The van der Waals surface area contributed by atoms with Crippen LogP contribution < -0.4 is 0 Å². The van der Waals surface area contributed by atoms with Gasteiger partial charge in [0, 0.05) is 5.41 Å². The van der Waals surface area contributed by atoms with Gasteiger partial charge in [0.1, 0.15) is 0 Å². The Morgan fingerprint density at radius 2 is 1.32 bits per heavy atom. The average molecular weight is 290 g/mol. The molecule has 2 aliphatic carbocycles. The molecule has 0 saturated heterocycles. The van der Waals surface area contributed by atoms with Crippen LogP contribution in [0.5, 0.6) is 0 Å². The zero-order valence-corrected chi connectivity index (χ0v) is 11.8. The summed E-state index contributed by atoms with van der Waals surface area (Å²) in [5, 5.41) is 0. The summed E-state index contributed by atoms with van der Waals surface area (Å²) in [6.07, 6.45) is 9.38. The number of allylic oxidation sites excluding steroid dienone is 4. The molecule has 2 aliphatic rings. The van der Waals surface area contributed by atoms with Gasteiger partial charge in [0.25, 0.3) is 0 Å². The molecule has 0 heteroatoms. The Morgan fingerprint density at radius 1 is 0.773 bits per heavy atom. The molecular weight excluding hydrogens is 264 g/mol. The minimum atomic E-state index is 0. The summed E-state index contributed by atoms with van der Waals surface area (Å²) in [5.74, 6) is 0. The highest BCUT2D eigenvalue weighted by Crippen LogP contribution is 2.52. The molecule has 22 heavy (non-hydrogen) atoms. The Morgan fingerprint density at radius 3 is 1.82 bits per heavy atom. The highest BCUT2D eigenvalue weighted by Gasteiger charge is 2.40. The molecule has 0 bridgehead atoms. The predicted octanol–water partition coefficient (Wildman–Crippen LogP) is 6.52. The van der Waals surface area contributed by atoms with Gasteiger partial charge in [-0.25, -0.2) is 0 Å². The van der Waals surface area contributed by atoms with Crippen LogP contribution in [-0.2, 0) is 5.41 Å². The summed E-state index contributed by atoms with van der Waals surface area (Å²) < 4.78 is 0. The molecule has 0 heterocycles. The van der Waals surface area contributed by atoms with Crippen LogP contribution in [0.3, 0.4) is 0 Å². The van der Waals surface area contributed by atoms with E-state index < -0.39 is 0 Å². The van der Waals surface area contributed by atoms with Crippen molar-refractivity contribution < 1.29 is 0 Å². The largest absolute Gasteiger partial charge is 0.0839 e. The zero-order chi connectivity index (χ0) is 13.6. The van der Waals surface area contributed by atoms with Crippen molar-refractivity contribution >= 4 is 0 Å². The van der Waals surface area contributed by atoms with E-state index in [1.807, 2.05) is 0 Å². The van der Waals surface area contributed by atoms with Crippen molar-refractivity contribution in [1.82, 2.24) is 0 Å². The van der Waals surface area contributed by atoms with E-state index in [1.165, 1.54) is 34.2 Å². The first kappa shape index (κ1) is 16.3. The molecular formula is C22H26. The van der Waals surface area contributed by atoms with Gasteiger partial charge in [-0.1, -0.05) is 81.6 Å². The second kappa shape index (κ2) is 5.96. The second-order valence-corrected chi connectivity index (χ2v) is 5.86. The van der Waals surface area contributed by atoms with E-state index in [9.17, 15) is 0 Å². The lowest BCUT2D eigenvalue weighted by atomic mass is 9.72. The van der Waals surface area contributed by atoms with E-state index in [2.05, 4.69) is 73.7 Å². The maximum atomic E-state index is 2.42. The lowest BCUT2D eigenvalue weighted by Crippen LogP contribution is -2.23. The zero-order valence-electron chi connectivity index (χ0n) is 11.8. The van der Waals surface area contributed by atoms with Gasteiger partial charge in [-0.3, -0.25) is 0 Å². The maximum Gasteiger partial charge on any atom is 0.0432 e. The molecule has 0 atom stereocenters. The maximum absolute atomic E-state index is 2.42. The van der Waals surface area contributed by atoms with Gasteiger partial charge in [-0.05, 0) is 47.6 Å². The highest BCUT2D eigenvalue weighted by atomic mass is 14.4. The third-order valence-corrected chi connectivity index (χ3v) is 4.79. The van der Waals surface area contributed by atoms with Crippen molar-refractivity contribution in [2.75, 3.05) is 0 Å². The monoisotopic (exact) mass is 290 g/mol. The fourth-order valence-electron chi connectivity index (χ4n) is 3.75. The predicted molar refractivity (Wildman–Crippen MR) is 98.3 cm³/mol. The summed E-state index contributed by atoms with van der Waals surface area (Å²) in [7, 11) is 0. The summed E-state index contributed by atoms with van der Waals surface area (Å²) in [4.78, 5) is 0. The molecule has 0 unspecified atom stereocenters. The van der Waals surface area contributed by atoms with Gasteiger partial charge >= 0.3 is 0 Å². The van der Waals surface area contributed by atoms with Crippen LogP contribution in [0.1, 0.15) is 45.7 Å². The summed E-state index contributed by atoms with van der Waals surface area (Å²) in [6, 6.07) is 17.7. The number of benzene rings is 2. The molecule has 0 fully saturated rings. The van der Waals surface area contributed by atoms with Crippen molar-refractivity contribution in [2.45, 2.75) is 40.0 Å². The molecule has 4 rings (SSSR count). The number of rotatable bonds is 1. The molecule has 2 aromatic rings. The smallest absolute Gasteiger partial charge is 0.0432 e. The lowest BCUT2D eigenvalue weighted by molar-refractivity contribution is 0.701. The topological polar surface area (TPSA) is 0 Å². The minimum absolute atomic E-state index is 0. The second-order valence-electron chi connectivity index (χ2n) is 5.86. The first-order chi connectivity index (χ1) is 9.82. The van der Waals surface area contributed by atoms with Crippen molar-refractivity contribution in [2.24, 2.45) is 0 Å². The average Bonchev–Trinajstić information content (AvgIpc) is 2.80. The Kier molecular flexibility index (Phi) is 4.42. The third-order valence-electron chi connectivity index (χ3n) is 4.79. The van der Waals surface area contributed by atoms with Gasteiger partial charge in [-0.15, -0.1) is 0 Å². The van der Waals surface area contributed by atoms with Crippen molar-refractivity contribution in [1.29, 1.82) is 0 Å². The molecule has 0 radical (unpaired) electrons. The third kappa shape index (κ3) is 2.06. The molecule has 114 valence electrons. The van der Waals surface area contributed by atoms with E-state index in [0.717, 1.165) is 6.42 Å². The number of hydrogen-bond donors (Lipinski definition) is 0. The first-order valence-corrected chi connectivity index (χ1v) is 7.38. The molecule has 0 aromatic heterocycles. The Hall–Kier alpha value is -2.08. The van der Waals surface area contributed by atoms with Gasteiger partial charge < -0.3 is 0 Å². The lowest BCUT2D eigenvalue weighted by Gasteiger charge is -2.30. The van der Waals surface area contributed by atoms with Crippen molar-refractivity contribution in [3.63, 3.8) is 0 Å². The van der Waals surface area contributed by atoms with E-state index in [0.29, 0.717) is 0 Å². The number of hydrogen-bond acceptors (Lipinski definition) is 0. The highest BCUT2D eigenvalue weighted by molar-refractivity contribution is 5.83. The molecule has 0 nitrogen and oxygen atoms in total. The number of fused-ring (bicyclic) bond motifs is 3. The van der Waals surface area contributed by atoms with Gasteiger partial charge in [0.15, 0.2) is 0 Å². The Labute approximate surface area is 135 Å². The Balaban J connectivity index is 0.000000882. The fourth-order valence-corrected chi connectivity index (χ4v) is 3.75. The first-order valence-electron chi connectivity index (χ1n) is 7.38. The molecule has 0 saturated carbocycles. The standard InChI is InChI=1S/C20H18.2CH4/c1-20(15-9-3-2-4-10-15)18-13-7-5-11-16(18)17-12-6-8-14-19(17)20;;/h3,5-14H,2,4H2,1H3;2*1H4. The molecule has 0 amide bonds. The molecule has 2 aromatic carbocycles. The summed E-state index contributed by atoms with van der Waals surface area (Å²) >= 11 is 0. The van der Waals surface area contributed by atoms with Crippen LogP contribution in [0.4, 0.5) is 0 Å². The van der Waals surface area contributed by atoms with Crippen LogP contribution in [0.25, 0.3) is 11.1 Å². The molecule has 0 aliphatic heterocycles. The van der Waals surface area contributed by atoms with Crippen LogP contribution >= 0.6 is 0 Å². The minimum Gasteiger partial charge on any atom is -0.0839 e. The van der Waals surface area contributed by atoms with E-state index in [-0.39, 0.29) is 20.3 Å². The SMILES string of the molecule is C.C.CC1(C2=CCCC=C2)c2ccccc2-c2ccccc21. The van der Waals surface area contributed by atoms with Gasteiger partial charge in [-0.2, -0.15) is 0 Å². The van der Waals surface area contributed by atoms with Crippen LogP contribution in [0.2, 0.25) is 0 Å². The van der Waals surface area contributed by atoms with Gasteiger partial charge in [0.05, 0.1) is 0 Å². The van der Waals surface area contributed by atoms with Crippen LogP contribution in [0.15, 0.2) is 72.3 Å². The summed E-state index contributed by atoms with van der Waals surface area (Å²) in [6.45, 7) is 2.37. The molecule has 0 N–H and O–H groups in total. The van der Waals surface area contributed by atoms with Crippen molar-refractivity contribution in [3.8, 4) is 11.1 Å². The van der Waals surface area contributed by atoms with Gasteiger partial charge in [0.2, 0.25) is 0 Å². The normalized spacial score (nSPS) is 16.7. The fraction of sp³-hybridized carbons (Fsp3) is 0.273. The van der Waals surface area contributed by atoms with E-state index in [4.69, 9.17) is 0 Å². The van der Waals surface area contributed by atoms with Crippen molar-refractivity contribution in [3.05, 3.63) is 83.5 Å². The quantitative estimate of drug-likeness (QED) is 0.560. The van der Waals surface area contributed by atoms with E-state index in [1.54, 1.807) is 0 Å². The van der Waals surface area contributed by atoms with Crippen LogP contribution in [-0.4, -0.2) is 0 Å². The van der Waals surface area contributed by atoms with Crippen LogP contribution in [0, 0.1) is 0 Å². The van der Waals surface area contributed by atoms with E-state index >= 15 is 0 Å². The summed E-state index contributed by atoms with van der Waals surface area (Å²) in [5.41, 5.74) is 7.12. The Bertz CT molecular complexity index is 686. The molecule has 0 spiro atoms.